The molecule has 0 nitrogen and oxygen atoms in total. The first-order valence-electron chi connectivity index (χ1n) is 4.99. The van der Waals surface area contributed by atoms with Gasteiger partial charge in [0.2, 0.25) is 0 Å². The van der Waals surface area contributed by atoms with Crippen LogP contribution in [0.3, 0.4) is 0 Å². The summed E-state index contributed by atoms with van der Waals surface area (Å²) in [6.45, 7) is 5.56. The molecule has 0 N–H and O–H groups in total. The van der Waals surface area contributed by atoms with Crippen molar-refractivity contribution in [2.45, 2.75) is 25.7 Å². The number of hydrogen-bond acceptors (Lipinski definition) is 0. The molecule has 1 saturated carbocycles. The van der Waals surface area contributed by atoms with Crippen LogP contribution in [0.15, 0.2) is 30.9 Å². The smallest absolute Gasteiger partial charge is 0.130 e. The molecule has 0 heterocycles. The summed E-state index contributed by atoms with van der Waals surface area (Å²) in [5.74, 6) is 1.32. The molecule has 1 radical (unpaired) electrons. The van der Waals surface area contributed by atoms with Crippen LogP contribution < -0.4 is 0 Å². The molecule has 0 aliphatic heterocycles. The van der Waals surface area contributed by atoms with Gasteiger partial charge in [-0.2, -0.15) is 0 Å². The van der Waals surface area contributed by atoms with Crippen molar-refractivity contribution in [3.63, 3.8) is 0 Å². The predicted molar refractivity (Wildman–Crippen MR) is 56.6 cm³/mol. The molecule has 14 heavy (non-hydrogen) atoms. The van der Waals surface area contributed by atoms with Crippen LogP contribution >= 0.6 is 0 Å². The van der Waals surface area contributed by atoms with E-state index in [0.717, 1.165) is 24.3 Å². The molecule has 0 saturated heterocycles. The van der Waals surface area contributed by atoms with E-state index in [4.69, 9.17) is 0 Å². The molecule has 1 aromatic rings. The highest BCUT2D eigenvalue weighted by Gasteiger charge is 2.27. The van der Waals surface area contributed by atoms with Crippen molar-refractivity contribution in [3.8, 4) is 0 Å². The van der Waals surface area contributed by atoms with Crippen molar-refractivity contribution >= 4 is 0 Å². The second kappa shape index (κ2) is 3.56. The summed E-state index contributed by atoms with van der Waals surface area (Å²) >= 11 is 0. The van der Waals surface area contributed by atoms with E-state index in [0.29, 0.717) is 11.5 Å². The van der Waals surface area contributed by atoms with E-state index in [1.807, 2.05) is 25.1 Å². The van der Waals surface area contributed by atoms with E-state index in [-0.39, 0.29) is 5.82 Å². The maximum atomic E-state index is 13.9. The van der Waals surface area contributed by atoms with E-state index < -0.39 is 0 Å². The quantitative estimate of drug-likeness (QED) is 0.677. The lowest BCUT2D eigenvalue weighted by atomic mass is 9.97. The molecule has 1 aliphatic carbocycles. The van der Waals surface area contributed by atoms with Crippen LogP contribution in [0.4, 0.5) is 4.39 Å². The lowest BCUT2D eigenvalue weighted by molar-refractivity contribution is 0.601. The van der Waals surface area contributed by atoms with Crippen LogP contribution in [0.2, 0.25) is 0 Å². The topological polar surface area (TPSA) is 0 Å². The fourth-order valence-electron chi connectivity index (χ4n) is 1.67. The van der Waals surface area contributed by atoms with E-state index in [9.17, 15) is 4.39 Å². The molecular formula is C13H14F. The van der Waals surface area contributed by atoms with Gasteiger partial charge in [-0.25, -0.2) is 4.39 Å². The molecule has 0 spiro atoms. The highest BCUT2D eigenvalue weighted by Crippen LogP contribution is 2.42. The largest absolute Gasteiger partial charge is 0.206 e. The Balaban J connectivity index is 2.40. The predicted octanol–water partition coefficient (Wildman–Crippen LogP) is 3.83. The zero-order valence-electron chi connectivity index (χ0n) is 8.39. The van der Waals surface area contributed by atoms with E-state index >= 15 is 0 Å². The molecule has 1 aromatic carbocycles. The number of rotatable bonds is 3. The van der Waals surface area contributed by atoms with Gasteiger partial charge in [0.05, 0.1) is 0 Å². The number of benzene rings is 1. The van der Waals surface area contributed by atoms with E-state index in [1.165, 1.54) is 0 Å². The van der Waals surface area contributed by atoms with Crippen molar-refractivity contribution in [2.75, 3.05) is 0 Å². The van der Waals surface area contributed by atoms with Gasteiger partial charge in [0.25, 0.3) is 0 Å². The maximum Gasteiger partial charge on any atom is 0.130 e. The Hall–Kier alpha value is -1.11. The molecule has 0 unspecified atom stereocenters. The molecule has 1 heteroatoms. The Labute approximate surface area is 84.5 Å². The molecule has 73 valence electrons. The summed E-state index contributed by atoms with van der Waals surface area (Å²) in [6, 6.07) is 5.64. The standard InChI is InChI=1S/C13H14F/c1-3-9(2)11-5-4-6-12(13(11)14)10-7-8-10/h3-6,10H,1,7-8H2,2H3. The zero-order valence-corrected chi connectivity index (χ0v) is 8.39. The molecular weight excluding hydrogens is 175 g/mol. The molecule has 0 bridgehead atoms. The maximum absolute atomic E-state index is 13.9. The lowest BCUT2D eigenvalue weighted by Gasteiger charge is -2.10. The highest BCUT2D eigenvalue weighted by atomic mass is 19.1. The van der Waals surface area contributed by atoms with Crippen LogP contribution in [-0.2, 0) is 0 Å². The Kier molecular flexibility index (Phi) is 2.40. The second-order valence-electron chi connectivity index (χ2n) is 3.87. The van der Waals surface area contributed by atoms with Gasteiger partial charge in [0.15, 0.2) is 0 Å². The van der Waals surface area contributed by atoms with Gasteiger partial charge >= 0.3 is 0 Å². The summed E-state index contributed by atoms with van der Waals surface area (Å²) in [5.41, 5.74) is 1.58. The normalized spacial score (nSPS) is 15.9. The number of halogens is 1. The van der Waals surface area contributed by atoms with Gasteiger partial charge in [-0.15, -0.1) is 6.58 Å². The first kappa shape index (κ1) is 9.45. The summed E-state index contributed by atoms with van der Waals surface area (Å²) in [5, 5.41) is 0. The van der Waals surface area contributed by atoms with Crippen molar-refractivity contribution < 1.29 is 4.39 Å². The summed E-state index contributed by atoms with van der Waals surface area (Å²) < 4.78 is 13.9. The van der Waals surface area contributed by atoms with Crippen molar-refractivity contribution in [1.29, 1.82) is 0 Å². The van der Waals surface area contributed by atoms with Gasteiger partial charge in [0.1, 0.15) is 5.82 Å². The average Bonchev–Trinajstić information content (AvgIpc) is 3.01. The third kappa shape index (κ3) is 1.59. The van der Waals surface area contributed by atoms with Gasteiger partial charge < -0.3 is 0 Å². The van der Waals surface area contributed by atoms with Crippen molar-refractivity contribution in [2.24, 2.45) is 0 Å². The van der Waals surface area contributed by atoms with Gasteiger partial charge in [-0.05, 0) is 29.9 Å². The summed E-state index contributed by atoms with van der Waals surface area (Å²) in [4.78, 5) is 0. The third-order valence-electron chi connectivity index (χ3n) is 2.78. The molecule has 1 fully saturated rings. The Morgan fingerprint density at radius 1 is 1.50 bits per heavy atom. The molecule has 0 atom stereocenters. The Morgan fingerprint density at radius 2 is 2.21 bits per heavy atom. The Morgan fingerprint density at radius 3 is 2.79 bits per heavy atom. The number of hydrogen-bond donors (Lipinski definition) is 0. The van der Waals surface area contributed by atoms with Crippen LogP contribution in [-0.4, -0.2) is 0 Å². The molecule has 0 amide bonds. The van der Waals surface area contributed by atoms with Gasteiger partial charge in [-0.1, -0.05) is 31.2 Å². The Bertz CT molecular complexity index is 350. The van der Waals surface area contributed by atoms with E-state index in [1.54, 1.807) is 6.08 Å². The first-order chi connectivity index (χ1) is 6.74. The van der Waals surface area contributed by atoms with Crippen LogP contribution in [0.1, 0.15) is 36.8 Å². The van der Waals surface area contributed by atoms with E-state index in [2.05, 4.69) is 6.58 Å². The minimum atomic E-state index is -0.0487. The molecule has 1 aliphatic rings. The van der Waals surface area contributed by atoms with Crippen LogP contribution in [0.25, 0.3) is 0 Å². The first-order valence-corrected chi connectivity index (χ1v) is 4.99. The van der Waals surface area contributed by atoms with Crippen LogP contribution in [0, 0.1) is 11.7 Å². The van der Waals surface area contributed by atoms with Crippen molar-refractivity contribution in [1.82, 2.24) is 0 Å². The van der Waals surface area contributed by atoms with Crippen molar-refractivity contribution in [3.05, 3.63) is 53.7 Å². The zero-order chi connectivity index (χ0) is 10.1. The second-order valence-corrected chi connectivity index (χ2v) is 3.87. The monoisotopic (exact) mass is 189 g/mol. The summed E-state index contributed by atoms with van der Waals surface area (Å²) in [7, 11) is 0. The SMILES string of the molecule is C=C[C](C)c1cccc(C2CC2)c1F. The summed E-state index contributed by atoms with van der Waals surface area (Å²) in [6.07, 6.45) is 3.97. The lowest BCUT2D eigenvalue weighted by Crippen LogP contribution is -1.98. The fraction of sp³-hybridized carbons (Fsp3) is 0.308. The fourth-order valence-corrected chi connectivity index (χ4v) is 1.67. The molecule has 0 aromatic heterocycles. The minimum absolute atomic E-state index is 0.0487. The minimum Gasteiger partial charge on any atom is -0.206 e. The molecule has 2 rings (SSSR count). The third-order valence-corrected chi connectivity index (χ3v) is 2.78. The highest BCUT2D eigenvalue weighted by molar-refractivity contribution is 5.41. The van der Waals surface area contributed by atoms with Crippen LogP contribution in [0.5, 0.6) is 0 Å². The van der Waals surface area contributed by atoms with Gasteiger partial charge in [-0.3, -0.25) is 0 Å². The number of allylic oxidation sites excluding steroid dienone is 1. The average molecular weight is 189 g/mol. The van der Waals surface area contributed by atoms with Gasteiger partial charge in [0, 0.05) is 5.92 Å².